The average molecular weight is 394 g/mol. The van der Waals surface area contributed by atoms with Crippen LogP contribution in [0, 0.1) is 0 Å². The highest BCUT2D eigenvalue weighted by molar-refractivity contribution is 5.92. The molecule has 0 aliphatic heterocycles. The number of alkyl halides is 3. The summed E-state index contributed by atoms with van der Waals surface area (Å²) < 4.78 is 44.3. The summed E-state index contributed by atoms with van der Waals surface area (Å²) in [6, 6.07) is 3.52. The zero-order valence-corrected chi connectivity index (χ0v) is 15.3. The van der Waals surface area contributed by atoms with E-state index in [1.165, 1.54) is 7.05 Å². The number of nitrogens with one attached hydrogen (secondary N) is 1. The quantitative estimate of drug-likeness (QED) is 0.714. The lowest BCUT2D eigenvalue weighted by Crippen LogP contribution is -2.28. The third-order valence-corrected chi connectivity index (χ3v) is 4.00. The van der Waals surface area contributed by atoms with E-state index in [0.29, 0.717) is 17.5 Å². The standard InChI is InChI=1S/C17H17F3N6O2/c1-4-11-7-10(5-6-21-11)14-23-16(28-25-14)9(2)22-15(27)12-8-13(17(18,19)20)24-26(12)3/h5-9H,4H2,1-3H3,(H,22,27)/t9-/m0/s1. The highest BCUT2D eigenvalue weighted by atomic mass is 19.4. The van der Waals surface area contributed by atoms with E-state index in [-0.39, 0.29) is 11.6 Å². The minimum Gasteiger partial charge on any atom is -0.339 e. The molecule has 0 fully saturated rings. The number of carbonyl (C=O) groups excluding carboxylic acids is 1. The van der Waals surface area contributed by atoms with E-state index in [0.717, 1.165) is 16.8 Å². The summed E-state index contributed by atoms with van der Waals surface area (Å²) in [7, 11) is 1.26. The van der Waals surface area contributed by atoms with Crippen LogP contribution < -0.4 is 5.32 Å². The number of hydrogen-bond donors (Lipinski definition) is 1. The van der Waals surface area contributed by atoms with Crippen molar-refractivity contribution < 1.29 is 22.5 Å². The lowest BCUT2D eigenvalue weighted by atomic mass is 10.2. The summed E-state index contributed by atoms with van der Waals surface area (Å²) in [5, 5.41) is 9.73. The average Bonchev–Trinajstić information content (AvgIpc) is 3.28. The Morgan fingerprint density at radius 2 is 2.11 bits per heavy atom. The number of halogens is 3. The molecule has 0 aliphatic rings. The van der Waals surface area contributed by atoms with E-state index < -0.39 is 23.8 Å². The van der Waals surface area contributed by atoms with Crippen LogP contribution in [0.1, 0.15) is 47.7 Å². The van der Waals surface area contributed by atoms with Crippen LogP contribution in [0.15, 0.2) is 28.9 Å². The fourth-order valence-electron chi connectivity index (χ4n) is 2.49. The van der Waals surface area contributed by atoms with E-state index >= 15 is 0 Å². The largest absolute Gasteiger partial charge is 0.435 e. The van der Waals surface area contributed by atoms with Crippen molar-refractivity contribution in [1.29, 1.82) is 0 Å². The SMILES string of the molecule is CCc1cc(-c2noc([C@H](C)NC(=O)c3cc(C(F)(F)F)nn3C)n2)ccn1. The van der Waals surface area contributed by atoms with Gasteiger partial charge in [-0.15, -0.1) is 0 Å². The van der Waals surface area contributed by atoms with Crippen LogP contribution in [0.25, 0.3) is 11.4 Å². The summed E-state index contributed by atoms with van der Waals surface area (Å²) >= 11 is 0. The molecule has 0 spiro atoms. The van der Waals surface area contributed by atoms with Crippen molar-refractivity contribution in [1.82, 2.24) is 30.2 Å². The van der Waals surface area contributed by atoms with Gasteiger partial charge in [0.2, 0.25) is 11.7 Å². The van der Waals surface area contributed by atoms with Gasteiger partial charge in [-0.05, 0) is 25.5 Å². The van der Waals surface area contributed by atoms with Gasteiger partial charge in [0.15, 0.2) is 5.69 Å². The normalized spacial score (nSPS) is 12.8. The van der Waals surface area contributed by atoms with E-state index in [2.05, 4.69) is 25.5 Å². The Labute approximate surface area is 157 Å². The first-order valence-corrected chi connectivity index (χ1v) is 8.40. The Balaban J connectivity index is 1.75. The predicted octanol–water partition coefficient (Wildman–Crippen LogP) is 2.94. The minimum absolute atomic E-state index is 0.122. The van der Waals surface area contributed by atoms with E-state index in [4.69, 9.17) is 4.52 Å². The smallest absolute Gasteiger partial charge is 0.339 e. The van der Waals surface area contributed by atoms with Crippen LogP contribution in [0.5, 0.6) is 0 Å². The Kier molecular flexibility index (Phi) is 5.16. The van der Waals surface area contributed by atoms with E-state index in [1.807, 2.05) is 13.0 Å². The van der Waals surface area contributed by atoms with Gasteiger partial charge in [-0.2, -0.15) is 23.3 Å². The zero-order chi connectivity index (χ0) is 20.5. The van der Waals surface area contributed by atoms with Gasteiger partial charge in [0.25, 0.3) is 5.91 Å². The summed E-state index contributed by atoms with van der Waals surface area (Å²) in [5.41, 5.74) is 0.196. The highest BCUT2D eigenvalue weighted by Gasteiger charge is 2.35. The second kappa shape index (κ2) is 7.41. The number of carbonyl (C=O) groups is 1. The highest BCUT2D eigenvalue weighted by Crippen LogP contribution is 2.28. The van der Waals surface area contributed by atoms with Crippen molar-refractivity contribution in [3.05, 3.63) is 47.4 Å². The number of amides is 1. The zero-order valence-electron chi connectivity index (χ0n) is 15.3. The molecule has 148 valence electrons. The molecule has 3 aromatic rings. The number of pyridine rings is 1. The number of nitrogens with zero attached hydrogens (tertiary/aromatic N) is 5. The molecule has 0 unspecified atom stereocenters. The third-order valence-electron chi connectivity index (χ3n) is 4.00. The summed E-state index contributed by atoms with van der Waals surface area (Å²) in [4.78, 5) is 20.8. The molecule has 0 aliphatic carbocycles. The van der Waals surface area contributed by atoms with Crippen LogP contribution in [-0.2, 0) is 19.6 Å². The van der Waals surface area contributed by atoms with Gasteiger partial charge in [0, 0.05) is 30.6 Å². The Bertz CT molecular complexity index is 995. The Morgan fingerprint density at radius 1 is 1.36 bits per heavy atom. The van der Waals surface area contributed by atoms with Crippen LogP contribution in [0.4, 0.5) is 13.2 Å². The molecule has 1 atom stereocenters. The molecular formula is C17H17F3N6O2. The number of aromatic nitrogens is 5. The van der Waals surface area contributed by atoms with Crippen LogP contribution in [-0.4, -0.2) is 30.8 Å². The number of aryl methyl sites for hydroxylation is 2. The van der Waals surface area contributed by atoms with Crippen molar-refractivity contribution in [2.24, 2.45) is 7.05 Å². The molecule has 1 N–H and O–H groups in total. The topological polar surface area (TPSA) is 98.7 Å². The van der Waals surface area contributed by atoms with Crippen LogP contribution in [0.3, 0.4) is 0 Å². The maximum absolute atomic E-state index is 12.7. The molecule has 1 amide bonds. The van der Waals surface area contributed by atoms with Gasteiger partial charge < -0.3 is 9.84 Å². The van der Waals surface area contributed by atoms with E-state index in [9.17, 15) is 18.0 Å². The Hall–Kier alpha value is -3.24. The van der Waals surface area contributed by atoms with E-state index in [1.54, 1.807) is 19.2 Å². The molecule has 3 heterocycles. The van der Waals surface area contributed by atoms with Crippen molar-refractivity contribution in [3.8, 4) is 11.4 Å². The molecule has 0 radical (unpaired) electrons. The molecule has 3 rings (SSSR count). The molecule has 3 aromatic heterocycles. The van der Waals surface area contributed by atoms with Gasteiger partial charge in [-0.1, -0.05) is 12.1 Å². The van der Waals surface area contributed by atoms with Gasteiger partial charge in [-0.3, -0.25) is 14.5 Å². The van der Waals surface area contributed by atoms with Crippen LogP contribution >= 0.6 is 0 Å². The summed E-state index contributed by atoms with van der Waals surface area (Å²) in [6.45, 7) is 3.55. The van der Waals surface area contributed by atoms with Gasteiger partial charge in [0.1, 0.15) is 11.7 Å². The number of hydrogen-bond acceptors (Lipinski definition) is 6. The van der Waals surface area contributed by atoms with Crippen molar-refractivity contribution in [3.63, 3.8) is 0 Å². The molecular weight excluding hydrogens is 377 g/mol. The monoisotopic (exact) mass is 394 g/mol. The molecule has 8 nitrogen and oxygen atoms in total. The first-order valence-electron chi connectivity index (χ1n) is 8.40. The molecule has 11 heteroatoms. The Morgan fingerprint density at radius 3 is 2.75 bits per heavy atom. The van der Waals surface area contributed by atoms with Gasteiger partial charge in [0.05, 0.1) is 0 Å². The maximum Gasteiger partial charge on any atom is 0.435 e. The number of rotatable bonds is 5. The summed E-state index contributed by atoms with van der Waals surface area (Å²) in [6.07, 6.45) is -2.25. The molecule has 28 heavy (non-hydrogen) atoms. The molecule has 0 saturated carbocycles. The third kappa shape index (κ3) is 4.02. The van der Waals surface area contributed by atoms with Crippen LogP contribution in [0.2, 0.25) is 0 Å². The lowest BCUT2D eigenvalue weighted by Gasteiger charge is -2.09. The molecule has 0 aromatic carbocycles. The second-order valence-corrected chi connectivity index (χ2v) is 6.08. The first-order chi connectivity index (χ1) is 13.2. The summed E-state index contributed by atoms with van der Waals surface area (Å²) in [5.74, 6) is -0.292. The van der Waals surface area contributed by atoms with Crippen molar-refractivity contribution >= 4 is 5.91 Å². The van der Waals surface area contributed by atoms with Gasteiger partial charge >= 0.3 is 6.18 Å². The second-order valence-electron chi connectivity index (χ2n) is 6.08. The fraction of sp³-hybridized carbons (Fsp3) is 0.353. The fourth-order valence-corrected chi connectivity index (χ4v) is 2.49. The lowest BCUT2D eigenvalue weighted by molar-refractivity contribution is -0.141. The maximum atomic E-state index is 12.7. The van der Waals surface area contributed by atoms with Crippen molar-refractivity contribution in [2.75, 3.05) is 0 Å². The predicted molar refractivity (Wildman–Crippen MR) is 91.0 cm³/mol. The van der Waals surface area contributed by atoms with Gasteiger partial charge in [-0.25, -0.2) is 0 Å². The molecule has 0 bridgehead atoms. The minimum atomic E-state index is -4.63. The first kappa shape index (κ1) is 19.5. The molecule has 0 saturated heterocycles. The van der Waals surface area contributed by atoms with Crippen molar-refractivity contribution in [2.45, 2.75) is 32.5 Å².